The van der Waals surface area contributed by atoms with E-state index in [0.717, 1.165) is 6.42 Å². The van der Waals surface area contributed by atoms with Crippen molar-refractivity contribution in [1.29, 1.82) is 0 Å². The van der Waals surface area contributed by atoms with E-state index in [2.05, 4.69) is 23.8 Å². The number of hydrogen-bond acceptors (Lipinski definition) is 5. The molecule has 1 fully saturated rings. The first-order valence-corrected chi connectivity index (χ1v) is 9.33. The van der Waals surface area contributed by atoms with E-state index in [1.807, 2.05) is 0 Å². The molecule has 1 aliphatic rings. The number of para-hydroxylation sites is 1. The maximum Gasteiger partial charge on any atom is 0.306 e. The molecular formula is C20H25N3O4. The monoisotopic (exact) mass is 371 g/mol. The fourth-order valence-corrected chi connectivity index (χ4v) is 3.65. The summed E-state index contributed by atoms with van der Waals surface area (Å²) in [4.78, 5) is 45.1. The summed E-state index contributed by atoms with van der Waals surface area (Å²) >= 11 is 0. The van der Waals surface area contributed by atoms with Crippen molar-refractivity contribution in [3.8, 4) is 0 Å². The molecule has 1 aliphatic heterocycles. The first-order chi connectivity index (χ1) is 12.9. The van der Waals surface area contributed by atoms with E-state index in [-0.39, 0.29) is 30.9 Å². The Morgan fingerprint density at radius 1 is 1.22 bits per heavy atom. The number of nitrogens with zero attached hydrogens (tertiary/aromatic N) is 2. The number of ether oxygens (including phenoxy) is 1. The molecule has 0 spiro atoms. The van der Waals surface area contributed by atoms with Gasteiger partial charge in [-0.15, -0.1) is 0 Å². The standard InChI is InChI=1S/C20H25N3O4/c1-13-9-14(2)11-23(10-13)18(24)12-27-19(25)8-7-17-21-16-6-4-3-5-15(16)20(26)22-17/h3-6,13-14H,7-12H2,1-2H3,(H,21,22,26)/t13-,14-/m0/s1. The summed E-state index contributed by atoms with van der Waals surface area (Å²) < 4.78 is 5.12. The molecule has 1 saturated heterocycles. The minimum absolute atomic E-state index is 0.0569. The molecule has 0 aliphatic carbocycles. The van der Waals surface area contributed by atoms with Crippen molar-refractivity contribution in [2.24, 2.45) is 11.8 Å². The number of carbonyl (C=O) groups is 2. The summed E-state index contributed by atoms with van der Waals surface area (Å²) in [5.74, 6) is 0.727. The Balaban J connectivity index is 1.50. The molecule has 2 heterocycles. The molecule has 0 radical (unpaired) electrons. The molecule has 27 heavy (non-hydrogen) atoms. The number of esters is 1. The van der Waals surface area contributed by atoms with Gasteiger partial charge in [-0.2, -0.15) is 0 Å². The van der Waals surface area contributed by atoms with E-state index in [1.165, 1.54) is 0 Å². The maximum absolute atomic E-state index is 12.2. The predicted molar refractivity (Wildman–Crippen MR) is 101 cm³/mol. The van der Waals surface area contributed by atoms with Gasteiger partial charge < -0.3 is 14.6 Å². The molecular weight excluding hydrogens is 346 g/mol. The second-order valence-electron chi connectivity index (χ2n) is 7.44. The molecule has 0 saturated carbocycles. The van der Waals surface area contributed by atoms with Gasteiger partial charge in [0.1, 0.15) is 5.82 Å². The number of hydrogen-bond donors (Lipinski definition) is 1. The summed E-state index contributed by atoms with van der Waals surface area (Å²) in [7, 11) is 0. The summed E-state index contributed by atoms with van der Waals surface area (Å²) in [6, 6.07) is 7.04. The third kappa shape index (κ3) is 4.93. The number of aryl methyl sites for hydroxylation is 1. The minimum Gasteiger partial charge on any atom is -0.456 e. The molecule has 0 bridgehead atoms. The zero-order valence-corrected chi connectivity index (χ0v) is 15.7. The van der Waals surface area contributed by atoms with Crippen molar-refractivity contribution in [1.82, 2.24) is 14.9 Å². The highest BCUT2D eigenvalue weighted by Crippen LogP contribution is 2.20. The second kappa shape index (κ2) is 8.33. The molecule has 1 amide bonds. The highest BCUT2D eigenvalue weighted by atomic mass is 16.5. The normalized spacial score (nSPS) is 19.9. The maximum atomic E-state index is 12.2. The van der Waals surface area contributed by atoms with E-state index in [9.17, 15) is 14.4 Å². The number of carbonyl (C=O) groups excluding carboxylic acids is 2. The summed E-state index contributed by atoms with van der Waals surface area (Å²) in [6.45, 7) is 5.43. The summed E-state index contributed by atoms with van der Waals surface area (Å²) in [6.07, 6.45) is 1.42. The van der Waals surface area contributed by atoms with E-state index in [0.29, 0.717) is 41.7 Å². The molecule has 2 aromatic rings. The van der Waals surface area contributed by atoms with Crippen molar-refractivity contribution in [3.63, 3.8) is 0 Å². The molecule has 144 valence electrons. The lowest BCUT2D eigenvalue weighted by atomic mass is 9.92. The topological polar surface area (TPSA) is 92.4 Å². The van der Waals surface area contributed by atoms with Crippen LogP contribution >= 0.6 is 0 Å². The Kier molecular flexibility index (Phi) is 5.88. The lowest BCUT2D eigenvalue weighted by Gasteiger charge is -2.34. The molecule has 2 atom stereocenters. The highest BCUT2D eigenvalue weighted by Gasteiger charge is 2.25. The van der Waals surface area contributed by atoms with E-state index < -0.39 is 5.97 Å². The predicted octanol–water partition coefficient (Wildman–Crippen LogP) is 1.90. The van der Waals surface area contributed by atoms with Gasteiger partial charge in [-0.05, 0) is 30.4 Å². The number of H-pyrrole nitrogens is 1. The van der Waals surface area contributed by atoms with Gasteiger partial charge in [0.15, 0.2) is 6.61 Å². The van der Waals surface area contributed by atoms with Crippen LogP contribution in [0, 0.1) is 11.8 Å². The molecule has 3 rings (SSSR count). The van der Waals surface area contributed by atoms with Gasteiger partial charge in [0, 0.05) is 19.5 Å². The van der Waals surface area contributed by atoms with Crippen LogP contribution in [0.3, 0.4) is 0 Å². The van der Waals surface area contributed by atoms with Gasteiger partial charge >= 0.3 is 5.97 Å². The number of fused-ring (bicyclic) bond motifs is 1. The lowest BCUT2D eigenvalue weighted by molar-refractivity contribution is -0.153. The van der Waals surface area contributed by atoms with E-state index >= 15 is 0 Å². The number of rotatable bonds is 5. The third-order valence-electron chi connectivity index (χ3n) is 4.81. The van der Waals surface area contributed by atoms with Crippen LogP contribution in [0.4, 0.5) is 0 Å². The van der Waals surface area contributed by atoms with Crippen LogP contribution < -0.4 is 5.56 Å². The van der Waals surface area contributed by atoms with Gasteiger partial charge in [-0.1, -0.05) is 26.0 Å². The highest BCUT2D eigenvalue weighted by molar-refractivity contribution is 5.81. The Morgan fingerprint density at radius 2 is 1.93 bits per heavy atom. The van der Waals surface area contributed by atoms with Gasteiger partial charge in [0.2, 0.25) is 0 Å². The Bertz CT molecular complexity index is 882. The van der Waals surface area contributed by atoms with Gasteiger partial charge in [0.25, 0.3) is 11.5 Å². The quantitative estimate of drug-likeness (QED) is 0.811. The SMILES string of the molecule is C[C@H]1C[C@H](C)CN(C(=O)COC(=O)CCc2nc3ccccc3c(=O)[nH]2)C1. The van der Waals surface area contributed by atoms with E-state index in [1.54, 1.807) is 29.2 Å². The fourth-order valence-electron chi connectivity index (χ4n) is 3.65. The first-order valence-electron chi connectivity index (χ1n) is 9.33. The van der Waals surface area contributed by atoms with Crippen LogP contribution in [0.15, 0.2) is 29.1 Å². The molecule has 7 heteroatoms. The van der Waals surface area contributed by atoms with Crippen LogP contribution in [0.25, 0.3) is 10.9 Å². The summed E-state index contributed by atoms with van der Waals surface area (Å²) in [5.41, 5.74) is 0.362. The zero-order valence-electron chi connectivity index (χ0n) is 15.7. The molecule has 0 unspecified atom stereocenters. The van der Waals surface area contributed by atoms with Crippen molar-refractivity contribution < 1.29 is 14.3 Å². The van der Waals surface area contributed by atoms with Crippen LogP contribution in [0.2, 0.25) is 0 Å². The van der Waals surface area contributed by atoms with Gasteiger partial charge in [0.05, 0.1) is 17.3 Å². The number of piperidine rings is 1. The Hall–Kier alpha value is -2.70. The van der Waals surface area contributed by atoms with Crippen LogP contribution in [-0.4, -0.2) is 46.4 Å². The second-order valence-corrected chi connectivity index (χ2v) is 7.44. The van der Waals surface area contributed by atoms with Crippen molar-refractivity contribution in [3.05, 3.63) is 40.4 Å². The number of aromatic amines is 1. The smallest absolute Gasteiger partial charge is 0.306 e. The van der Waals surface area contributed by atoms with Gasteiger partial charge in [-0.3, -0.25) is 14.4 Å². The van der Waals surface area contributed by atoms with Gasteiger partial charge in [-0.25, -0.2) is 4.98 Å². The molecule has 1 aromatic carbocycles. The molecule has 1 aromatic heterocycles. The largest absolute Gasteiger partial charge is 0.456 e. The number of aromatic nitrogens is 2. The summed E-state index contributed by atoms with van der Waals surface area (Å²) in [5, 5.41) is 0.513. The number of nitrogens with one attached hydrogen (secondary N) is 1. The number of likely N-dealkylation sites (tertiary alicyclic amines) is 1. The lowest BCUT2D eigenvalue weighted by Crippen LogP contribution is -2.44. The first kappa shape index (κ1) is 19.1. The number of benzene rings is 1. The van der Waals surface area contributed by atoms with Crippen molar-refractivity contribution in [2.75, 3.05) is 19.7 Å². The van der Waals surface area contributed by atoms with Crippen LogP contribution in [-0.2, 0) is 20.7 Å². The minimum atomic E-state index is -0.475. The molecule has 7 nitrogen and oxygen atoms in total. The van der Waals surface area contributed by atoms with Crippen LogP contribution in [0.5, 0.6) is 0 Å². The Labute approximate surface area is 157 Å². The van der Waals surface area contributed by atoms with E-state index in [4.69, 9.17) is 4.74 Å². The zero-order chi connectivity index (χ0) is 19.4. The molecule has 1 N–H and O–H groups in total. The van der Waals surface area contributed by atoms with Crippen molar-refractivity contribution >= 4 is 22.8 Å². The van der Waals surface area contributed by atoms with Crippen LogP contribution in [0.1, 0.15) is 32.5 Å². The average molecular weight is 371 g/mol. The van der Waals surface area contributed by atoms with Crippen molar-refractivity contribution in [2.45, 2.75) is 33.1 Å². The fraction of sp³-hybridized carbons (Fsp3) is 0.500. The Morgan fingerprint density at radius 3 is 2.67 bits per heavy atom. The third-order valence-corrected chi connectivity index (χ3v) is 4.81. The average Bonchev–Trinajstić information content (AvgIpc) is 2.63. The number of amides is 1.